The highest BCUT2D eigenvalue weighted by Gasteiger charge is 2.18. The van der Waals surface area contributed by atoms with Gasteiger partial charge >= 0.3 is 5.97 Å². The topological polar surface area (TPSA) is 114 Å². The van der Waals surface area contributed by atoms with Gasteiger partial charge in [0, 0.05) is 0 Å². The summed E-state index contributed by atoms with van der Waals surface area (Å²) in [5.74, 6) is 1.63. The molecule has 1 amide bonds. The first-order chi connectivity index (χ1) is 17.9. The number of ether oxygens (including phenoxy) is 6. The summed E-state index contributed by atoms with van der Waals surface area (Å²) < 4.78 is 31.7. The number of hydrogen-bond acceptors (Lipinski definition) is 9. The smallest absolute Gasteiger partial charge is 0.343 e. The first-order valence-electron chi connectivity index (χ1n) is 11.1. The molecule has 0 aromatic heterocycles. The van der Waals surface area contributed by atoms with Gasteiger partial charge in [0.2, 0.25) is 11.7 Å². The van der Waals surface area contributed by atoms with E-state index in [-0.39, 0.29) is 17.9 Å². The molecular formula is C27H28N2O8. The predicted octanol–water partition coefficient (Wildman–Crippen LogP) is 3.64. The summed E-state index contributed by atoms with van der Waals surface area (Å²) in [6.45, 7) is 0. The third kappa shape index (κ3) is 6.91. The van der Waals surface area contributed by atoms with Crippen LogP contribution in [0.15, 0.2) is 59.7 Å². The van der Waals surface area contributed by atoms with Crippen LogP contribution in [0.5, 0.6) is 34.5 Å². The van der Waals surface area contributed by atoms with Gasteiger partial charge in [0.15, 0.2) is 23.0 Å². The Morgan fingerprint density at radius 1 is 0.757 bits per heavy atom. The molecule has 0 unspecified atom stereocenters. The van der Waals surface area contributed by atoms with E-state index in [4.69, 9.17) is 28.4 Å². The van der Waals surface area contributed by atoms with Crippen molar-refractivity contribution in [2.45, 2.75) is 6.42 Å². The lowest BCUT2D eigenvalue weighted by atomic mass is 10.1. The number of carbonyl (C=O) groups is 2. The summed E-state index contributed by atoms with van der Waals surface area (Å²) >= 11 is 0. The lowest BCUT2D eigenvalue weighted by Crippen LogP contribution is -2.19. The van der Waals surface area contributed by atoms with Gasteiger partial charge in [0.05, 0.1) is 53.7 Å². The minimum Gasteiger partial charge on any atom is -0.493 e. The maximum Gasteiger partial charge on any atom is 0.343 e. The Hall–Kier alpha value is -4.73. The molecule has 0 spiro atoms. The molecular weight excluding hydrogens is 480 g/mol. The van der Waals surface area contributed by atoms with Crippen molar-refractivity contribution in [3.05, 3.63) is 71.3 Å². The van der Waals surface area contributed by atoms with Gasteiger partial charge in [-0.15, -0.1) is 0 Å². The largest absolute Gasteiger partial charge is 0.493 e. The molecule has 1 N–H and O–H groups in total. The second-order valence-electron chi connectivity index (χ2n) is 7.53. The fraction of sp³-hybridized carbons (Fsp3) is 0.222. The third-order valence-electron chi connectivity index (χ3n) is 5.21. The highest BCUT2D eigenvalue weighted by atomic mass is 16.5. The Bertz CT molecular complexity index is 1250. The number of benzene rings is 3. The highest BCUT2D eigenvalue weighted by Crippen LogP contribution is 2.38. The van der Waals surface area contributed by atoms with Crippen molar-refractivity contribution in [2.24, 2.45) is 5.10 Å². The summed E-state index contributed by atoms with van der Waals surface area (Å²) in [4.78, 5) is 24.9. The zero-order chi connectivity index (χ0) is 26.8. The van der Waals surface area contributed by atoms with E-state index >= 15 is 0 Å². The number of hydrogen-bond donors (Lipinski definition) is 1. The molecule has 0 heterocycles. The third-order valence-corrected chi connectivity index (χ3v) is 5.21. The summed E-state index contributed by atoms with van der Waals surface area (Å²) in [6, 6.07) is 14.9. The number of methoxy groups -OCH3 is 5. The minimum atomic E-state index is -0.594. The molecule has 0 aliphatic rings. The van der Waals surface area contributed by atoms with Crippen LogP contribution in [-0.2, 0) is 11.2 Å². The maximum atomic E-state index is 12.6. The molecule has 0 fully saturated rings. The average molecular weight is 509 g/mol. The van der Waals surface area contributed by atoms with Gasteiger partial charge in [-0.25, -0.2) is 10.2 Å². The summed E-state index contributed by atoms with van der Waals surface area (Å²) in [5.41, 5.74) is 4.16. The number of nitrogens with zero attached hydrogens (tertiary/aromatic N) is 1. The maximum absolute atomic E-state index is 12.6. The van der Waals surface area contributed by atoms with Crippen molar-refractivity contribution in [3.8, 4) is 34.5 Å². The Morgan fingerprint density at radius 3 is 1.95 bits per heavy atom. The average Bonchev–Trinajstić information content (AvgIpc) is 2.92. The molecule has 0 radical (unpaired) electrons. The van der Waals surface area contributed by atoms with Crippen LogP contribution in [0.3, 0.4) is 0 Å². The molecule has 10 nitrogen and oxygen atoms in total. The summed E-state index contributed by atoms with van der Waals surface area (Å²) in [7, 11) is 7.49. The second kappa shape index (κ2) is 12.8. The quantitative estimate of drug-likeness (QED) is 0.181. The molecule has 3 aromatic carbocycles. The molecule has 3 rings (SSSR count). The van der Waals surface area contributed by atoms with E-state index < -0.39 is 5.97 Å². The second-order valence-corrected chi connectivity index (χ2v) is 7.53. The Morgan fingerprint density at radius 2 is 1.38 bits per heavy atom. The van der Waals surface area contributed by atoms with Crippen LogP contribution in [0.4, 0.5) is 0 Å². The van der Waals surface area contributed by atoms with Crippen molar-refractivity contribution in [3.63, 3.8) is 0 Å². The van der Waals surface area contributed by atoms with Crippen molar-refractivity contribution in [2.75, 3.05) is 35.5 Å². The fourth-order valence-electron chi connectivity index (χ4n) is 3.38. The van der Waals surface area contributed by atoms with Gasteiger partial charge in [0.1, 0.15) is 5.75 Å². The molecule has 194 valence electrons. The lowest BCUT2D eigenvalue weighted by molar-refractivity contribution is -0.120. The first-order valence-corrected chi connectivity index (χ1v) is 11.1. The fourth-order valence-corrected chi connectivity index (χ4v) is 3.38. The van der Waals surface area contributed by atoms with E-state index in [0.29, 0.717) is 40.1 Å². The molecule has 10 heteroatoms. The van der Waals surface area contributed by atoms with Crippen LogP contribution in [0.25, 0.3) is 0 Å². The van der Waals surface area contributed by atoms with Crippen molar-refractivity contribution in [1.82, 2.24) is 5.43 Å². The number of hydrazone groups is 1. The van der Waals surface area contributed by atoms with Gasteiger partial charge in [-0.1, -0.05) is 6.07 Å². The molecule has 3 aromatic rings. The van der Waals surface area contributed by atoms with E-state index in [9.17, 15) is 9.59 Å². The van der Waals surface area contributed by atoms with Crippen LogP contribution in [-0.4, -0.2) is 53.6 Å². The molecule has 0 atom stereocenters. The van der Waals surface area contributed by atoms with Crippen molar-refractivity contribution in [1.29, 1.82) is 0 Å². The van der Waals surface area contributed by atoms with Gasteiger partial charge in [-0.05, 0) is 59.7 Å². The summed E-state index contributed by atoms with van der Waals surface area (Å²) in [5, 5.41) is 3.98. The number of nitrogens with one attached hydrogen (secondary N) is 1. The van der Waals surface area contributed by atoms with E-state index in [1.54, 1.807) is 49.6 Å². The minimum absolute atomic E-state index is 0.119. The zero-order valence-electron chi connectivity index (χ0n) is 21.2. The van der Waals surface area contributed by atoms with Crippen LogP contribution in [0.1, 0.15) is 21.5 Å². The van der Waals surface area contributed by atoms with Crippen LogP contribution < -0.4 is 33.8 Å². The summed E-state index contributed by atoms with van der Waals surface area (Å²) in [6.07, 6.45) is 1.60. The van der Waals surface area contributed by atoms with Crippen molar-refractivity contribution >= 4 is 18.1 Å². The number of esters is 1. The number of carbonyl (C=O) groups excluding carboxylic acids is 2. The SMILES string of the molecule is COc1ccc(CC(=O)N/N=C/c2ccc(OC(=O)c3cc(OC)c(OC)c(OC)c3)cc2)cc1OC. The van der Waals surface area contributed by atoms with Gasteiger partial charge in [-0.2, -0.15) is 5.10 Å². The molecule has 0 saturated carbocycles. The van der Waals surface area contributed by atoms with E-state index in [0.717, 1.165) is 5.56 Å². The highest BCUT2D eigenvalue weighted by molar-refractivity contribution is 5.93. The molecule has 0 aliphatic heterocycles. The zero-order valence-corrected chi connectivity index (χ0v) is 21.2. The van der Waals surface area contributed by atoms with Gasteiger partial charge in [0.25, 0.3) is 0 Å². The molecule has 0 saturated heterocycles. The molecule has 0 aliphatic carbocycles. The van der Waals surface area contributed by atoms with Gasteiger partial charge in [-0.3, -0.25) is 4.79 Å². The van der Waals surface area contributed by atoms with Gasteiger partial charge < -0.3 is 28.4 Å². The van der Waals surface area contributed by atoms with E-state index in [1.807, 2.05) is 0 Å². The standard InChI is InChI=1S/C27H28N2O8/c1-32-21-11-8-18(12-22(21)33-2)13-25(30)29-28-16-17-6-9-20(10-7-17)37-27(31)19-14-23(34-3)26(36-5)24(15-19)35-4/h6-12,14-16H,13H2,1-5H3,(H,29,30)/b28-16+. The van der Waals surface area contributed by atoms with E-state index in [2.05, 4.69) is 10.5 Å². The first kappa shape index (κ1) is 26.9. The Kier molecular flexibility index (Phi) is 9.31. The number of rotatable bonds is 11. The monoisotopic (exact) mass is 508 g/mol. The molecule has 37 heavy (non-hydrogen) atoms. The van der Waals surface area contributed by atoms with Crippen LogP contribution in [0, 0.1) is 0 Å². The van der Waals surface area contributed by atoms with Crippen LogP contribution >= 0.6 is 0 Å². The predicted molar refractivity (Wildman–Crippen MR) is 136 cm³/mol. The normalized spacial score (nSPS) is 10.5. The lowest BCUT2D eigenvalue weighted by Gasteiger charge is -2.13. The van der Waals surface area contributed by atoms with Crippen molar-refractivity contribution < 1.29 is 38.0 Å². The Labute approximate surface area is 214 Å². The Balaban J connectivity index is 1.58. The number of amides is 1. The van der Waals surface area contributed by atoms with Crippen LogP contribution in [0.2, 0.25) is 0 Å². The van der Waals surface area contributed by atoms with E-state index in [1.165, 1.54) is 46.8 Å². The molecule has 0 bridgehead atoms.